The molecule has 21 heavy (non-hydrogen) atoms. The molecule has 0 bridgehead atoms. The van der Waals surface area contributed by atoms with E-state index in [-0.39, 0.29) is 5.91 Å². The maximum Gasteiger partial charge on any atom is 0.329 e. The molecule has 1 atom stereocenters. The van der Waals surface area contributed by atoms with Crippen LogP contribution in [-0.4, -0.2) is 34.0 Å². The van der Waals surface area contributed by atoms with Gasteiger partial charge in [0.15, 0.2) is 0 Å². The maximum absolute atomic E-state index is 12.8. The molecule has 1 heterocycles. The number of hydrogen-bond acceptors (Lipinski definition) is 2. The minimum absolute atomic E-state index is 0.182. The Labute approximate surface area is 133 Å². The van der Waals surface area contributed by atoms with E-state index in [0.29, 0.717) is 24.9 Å². The number of aryl methyl sites for hydroxylation is 1. The molecule has 1 unspecified atom stereocenters. The van der Waals surface area contributed by atoms with Crippen LogP contribution in [0.15, 0.2) is 22.7 Å². The molecule has 1 aliphatic heterocycles. The summed E-state index contributed by atoms with van der Waals surface area (Å²) >= 11 is 3.41. The van der Waals surface area contributed by atoms with E-state index in [9.17, 15) is 14.7 Å². The molecule has 5 heteroatoms. The number of carbonyl (C=O) groups is 2. The first kappa shape index (κ1) is 16.0. The van der Waals surface area contributed by atoms with Crippen molar-refractivity contribution in [2.75, 3.05) is 6.54 Å². The van der Waals surface area contributed by atoms with Crippen LogP contribution >= 0.6 is 15.9 Å². The predicted molar refractivity (Wildman–Crippen MR) is 84.4 cm³/mol. The molecule has 1 saturated heterocycles. The lowest BCUT2D eigenvalue weighted by Crippen LogP contribution is -2.53. The molecule has 1 aromatic carbocycles. The Bertz CT molecular complexity index is 573. The molecule has 0 radical (unpaired) electrons. The van der Waals surface area contributed by atoms with Crippen LogP contribution in [0.2, 0.25) is 0 Å². The summed E-state index contributed by atoms with van der Waals surface area (Å²) in [5.41, 5.74) is 0.489. The van der Waals surface area contributed by atoms with Gasteiger partial charge in [0.05, 0.1) is 0 Å². The van der Waals surface area contributed by atoms with E-state index in [2.05, 4.69) is 15.9 Å². The minimum Gasteiger partial charge on any atom is -0.479 e. The lowest BCUT2D eigenvalue weighted by Gasteiger charge is -2.34. The smallest absolute Gasteiger partial charge is 0.329 e. The highest BCUT2D eigenvalue weighted by molar-refractivity contribution is 9.10. The van der Waals surface area contributed by atoms with Crippen LogP contribution in [0.4, 0.5) is 0 Å². The fourth-order valence-electron chi connectivity index (χ4n) is 3.11. The third-order valence-corrected chi connectivity index (χ3v) is 5.09. The molecular formula is C16H20BrNO3. The second-order valence-corrected chi connectivity index (χ2v) is 6.47. The van der Waals surface area contributed by atoms with E-state index in [4.69, 9.17) is 0 Å². The van der Waals surface area contributed by atoms with Gasteiger partial charge in [-0.3, -0.25) is 4.79 Å². The van der Waals surface area contributed by atoms with Gasteiger partial charge in [0.1, 0.15) is 5.54 Å². The molecule has 114 valence electrons. The largest absolute Gasteiger partial charge is 0.479 e. The Morgan fingerprint density at radius 3 is 2.71 bits per heavy atom. The van der Waals surface area contributed by atoms with Crippen LogP contribution in [0.3, 0.4) is 0 Å². The van der Waals surface area contributed by atoms with Gasteiger partial charge >= 0.3 is 5.97 Å². The van der Waals surface area contributed by atoms with Crippen LogP contribution in [-0.2, 0) is 4.79 Å². The standard InChI is InChI=1S/C16H20BrNO3/c1-3-7-16(15(20)21)8-4-9-18(16)14(19)12-5-6-13(17)11(2)10-12/h5-6,10H,3-4,7-9H2,1-2H3,(H,20,21). The van der Waals surface area contributed by atoms with Crippen molar-refractivity contribution >= 4 is 27.8 Å². The quantitative estimate of drug-likeness (QED) is 0.899. The van der Waals surface area contributed by atoms with E-state index in [1.807, 2.05) is 26.0 Å². The number of carboxylic acids is 1. The van der Waals surface area contributed by atoms with Gasteiger partial charge in [0.25, 0.3) is 5.91 Å². The average Bonchev–Trinajstić information content (AvgIpc) is 2.86. The first-order chi connectivity index (χ1) is 9.92. The first-order valence-electron chi connectivity index (χ1n) is 7.24. The Kier molecular flexibility index (Phi) is 4.71. The van der Waals surface area contributed by atoms with Crippen molar-refractivity contribution in [2.24, 2.45) is 0 Å². The Balaban J connectivity index is 2.36. The number of halogens is 1. The summed E-state index contributed by atoms with van der Waals surface area (Å²) in [6.45, 7) is 4.39. The molecule has 1 aromatic rings. The monoisotopic (exact) mass is 353 g/mol. The number of aliphatic carboxylic acids is 1. The number of carbonyl (C=O) groups excluding carboxylic acids is 1. The molecule has 1 N–H and O–H groups in total. The molecule has 0 spiro atoms. The van der Waals surface area contributed by atoms with E-state index < -0.39 is 11.5 Å². The number of amides is 1. The normalized spacial score (nSPS) is 21.6. The van der Waals surface area contributed by atoms with Gasteiger partial charge in [-0.1, -0.05) is 29.3 Å². The van der Waals surface area contributed by atoms with Crippen LogP contribution in [0.5, 0.6) is 0 Å². The maximum atomic E-state index is 12.8. The van der Waals surface area contributed by atoms with Gasteiger partial charge in [0.2, 0.25) is 0 Å². The third-order valence-electron chi connectivity index (χ3n) is 4.20. The van der Waals surface area contributed by atoms with E-state index in [0.717, 1.165) is 22.9 Å². The van der Waals surface area contributed by atoms with Crippen LogP contribution in [0.1, 0.15) is 48.5 Å². The number of likely N-dealkylation sites (tertiary alicyclic amines) is 1. The highest BCUT2D eigenvalue weighted by Crippen LogP contribution is 2.35. The molecule has 1 fully saturated rings. The Hall–Kier alpha value is -1.36. The van der Waals surface area contributed by atoms with Crippen LogP contribution in [0.25, 0.3) is 0 Å². The molecular weight excluding hydrogens is 334 g/mol. The summed E-state index contributed by atoms with van der Waals surface area (Å²) < 4.78 is 0.943. The third kappa shape index (κ3) is 2.84. The lowest BCUT2D eigenvalue weighted by molar-refractivity contribution is -0.148. The number of hydrogen-bond donors (Lipinski definition) is 1. The fraction of sp³-hybridized carbons (Fsp3) is 0.500. The molecule has 1 amide bonds. The van der Waals surface area contributed by atoms with Gasteiger partial charge in [-0.05, 0) is 49.9 Å². The summed E-state index contributed by atoms with van der Waals surface area (Å²) in [6.07, 6.45) is 2.53. The van der Waals surface area contributed by atoms with Crippen molar-refractivity contribution in [1.82, 2.24) is 4.90 Å². The van der Waals surface area contributed by atoms with Crippen molar-refractivity contribution in [3.8, 4) is 0 Å². The summed E-state index contributed by atoms with van der Waals surface area (Å²) in [5.74, 6) is -1.07. The summed E-state index contributed by atoms with van der Waals surface area (Å²) in [7, 11) is 0. The van der Waals surface area contributed by atoms with Gasteiger partial charge in [-0.25, -0.2) is 4.79 Å². The van der Waals surface area contributed by atoms with Crippen molar-refractivity contribution in [3.05, 3.63) is 33.8 Å². The number of nitrogens with zero attached hydrogens (tertiary/aromatic N) is 1. The molecule has 1 aliphatic rings. The molecule has 0 aromatic heterocycles. The molecule has 2 rings (SSSR count). The van der Waals surface area contributed by atoms with Crippen molar-refractivity contribution in [3.63, 3.8) is 0 Å². The lowest BCUT2D eigenvalue weighted by atomic mass is 9.90. The van der Waals surface area contributed by atoms with Gasteiger partial charge < -0.3 is 10.0 Å². The molecule has 0 saturated carbocycles. The average molecular weight is 354 g/mol. The SMILES string of the molecule is CCCC1(C(=O)O)CCCN1C(=O)c1ccc(Br)c(C)c1. The summed E-state index contributed by atoms with van der Waals surface area (Å²) in [5, 5.41) is 9.66. The van der Waals surface area contributed by atoms with Crippen molar-refractivity contribution in [2.45, 2.75) is 45.1 Å². The minimum atomic E-state index is -1.03. The number of benzene rings is 1. The summed E-state index contributed by atoms with van der Waals surface area (Å²) in [6, 6.07) is 5.39. The van der Waals surface area contributed by atoms with Crippen molar-refractivity contribution in [1.29, 1.82) is 0 Å². The fourth-order valence-corrected chi connectivity index (χ4v) is 3.36. The first-order valence-corrected chi connectivity index (χ1v) is 8.03. The predicted octanol–water partition coefficient (Wildman–Crippen LogP) is 3.62. The van der Waals surface area contributed by atoms with Gasteiger partial charge in [-0.2, -0.15) is 0 Å². The zero-order valence-electron chi connectivity index (χ0n) is 12.4. The topological polar surface area (TPSA) is 57.6 Å². The zero-order valence-corrected chi connectivity index (χ0v) is 13.9. The number of rotatable bonds is 4. The van der Waals surface area contributed by atoms with Crippen molar-refractivity contribution < 1.29 is 14.7 Å². The second kappa shape index (κ2) is 6.18. The van der Waals surface area contributed by atoms with E-state index in [1.54, 1.807) is 11.0 Å². The van der Waals surface area contributed by atoms with Gasteiger partial charge in [0, 0.05) is 16.6 Å². The highest BCUT2D eigenvalue weighted by Gasteiger charge is 2.49. The van der Waals surface area contributed by atoms with E-state index in [1.165, 1.54) is 0 Å². The van der Waals surface area contributed by atoms with Crippen LogP contribution < -0.4 is 0 Å². The Morgan fingerprint density at radius 1 is 1.43 bits per heavy atom. The molecule has 4 nitrogen and oxygen atoms in total. The van der Waals surface area contributed by atoms with Crippen LogP contribution in [0, 0.1) is 6.92 Å². The zero-order chi connectivity index (χ0) is 15.6. The summed E-state index contributed by atoms with van der Waals surface area (Å²) in [4.78, 5) is 26.1. The van der Waals surface area contributed by atoms with E-state index >= 15 is 0 Å². The second-order valence-electron chi connectivity index (χ2n) is 5.61. The number of carboxylic acid groups (broad SMARTS) is 1. The highest BCUT2D eigenvalue weighted by atomic mass is 79.9. The Morgan fingerprint density at radius 2 is 2.14 bits per heavy atom. The molecule has 0 aliphatic carbocycles. The van der Waals surface area contributed by atoms with Gasteiger partial charge in [-0.15, -0.1) is 0 Å².